The fourth-order valence-electron chi connectivity index (χ4n) is 15.9. The Bertz CT molecular complexity index is 5600. The van der Waals surface area contributed by atoms with Crippen LogP contribution in [0.2, 0.25) is 0 Å². The average molecular weight is 1620 g/mol. The van der Waals surface area contributed by atoms with E-state index in [2.05, 4.69) is 107 Å². The number of amides is 6. The summed E-state index contributed by atoms with van der Waals surface area (Å²) >= 11 is 0. The number of hydrogen-bond acceptors (Lipinski definition) is 16. The summed E-state index contributed by atoms with van der Waals surface area (Å²) in [5.41, 5.74) is 2.62. The summed E-state index contributed by atoms with van der Waals surface area (Å²) in [6, 6.07) is 36.8. The van der Waals surface area contributed by atoms with Crippen LogP contribution in [0.15, 0.2) is 189 Å². The van der Waals surface area contributed by atoms with Crippen molar-refractivity contribution in [3.63, 3.8) is 0 Å². The largest absolute Gasteiger partial charge is 0.457 e. The van der Waals surface area contributed by atoms with Gasteiger partial charge in [-0.3, -0.25) is 48.4 Å². The number of pyridine rings is 1. The first kappa shape index (κ1) is 85.4. The molecule has 3 aliphatic rings. The summed E-state index contributed by atoms with van der Waals surface area (Å²) < 4.78 is 41.0. The highest BCUT2D eigenvalue weighted by Gasteiger charge is 2.49. The van der Waals surface area contributed by atoms with Gasteiger partial charge in [-0.1, -0.05) is 200 Å². The van der Waals surface area contributed by atoms with Crippen molar-refractivity contribution in [1.82, 2.24) is 25.0 Å². The van der Waals surface area contributed by atoms with Crippen LogP contribution in [0.4, 0.5) is 5.82 Å². The van der Waals surface area contributed by atoms with Crippen molar-refractivity contribution in [2.24, 2.45) is 23.7 Å². The number of rotatable bonds is 26. The number of nitrogens with one attached hydrogen (secondary N) is 1. The van der Waals surface area contributed by atoms with E-state index >= 15 is 28.8 Å². The summed E-state index contributed by atoms with van der Waals surface area (Å²) in [5.74, 6) is -4.84. The number of imide groups is 2. The standard InChI is InChI=1S/C100H108N6O14/c1-23-81(107)119-67-41-43-101-79(47-67)103(53-57(7)8)95(113)73(45-55(3)4)105-91(109)69-49-75(115-63-33-25-59(26-34-63)97(11,12)13)85-87-77(117-65-37-29-61(30-38-65)99(17,18)19)51-71-84-72(94(112)106(93(71)111)74(46-56(5)6)96(114)104(54-58(9)10)80-48-68(42-44-102-80)120-82(108)24-2)52-78(118-66-39-31-62(32-40-66)100(20,21)22)88(90(84)87)86-76(50-70(92(105)110)83(69)89(85)86)116-64-35-27-60(28-36-64)98(14,15)16/h23-43,47-52,55-58,73-74,102H,1-2,44-46,53-54H2,3-22H3. The Labute approximate surface area is 702 Å². The van der Waals surface area contributed by atoms with Gasteiger partial charge >= 0.3 is 11.9 Å². The Morgan fingerprint density at radius 3 is 1.04 bits per heavy atom. The smallest absolute Gasteiger partial charge is 0.335 e. The highest BCUT2D eigenvalue weighted by molar-refractivity contribution is 6.45. The van der Waals surface area contributed by atoms with Crippen LogP contribution in [0.5, 0.6) is 51.7 Å². The molecule has 2 unspecified atom stereocenters. The number of carbonyl (C=O) groups is 8. The van der Waals surface area contributed by atoms with Crippen LogP contribution in [-0.2, 0) is 45.6 Å². The number of hydrogen-bond donors (Lipinski definition) is 1. The maximum Gasteiger partial charge on any atom is 0.335 e. The predicted octanol–water partition coefficient (Wildman–Crippen LogP) is 21.8. The number of esters is 2. The van der Waals surface area contributed by atoms with E-state index in [1.54, 1.807) is 30.3 Å². The van der Waals surface area contributed by atoms with E-state index < -0.39 is 59.5 Å². The summed E-state index contributed by atoms with van der Waals surface area (Å²) in [5, 5.41) is 5.12. The number of fused-ring (bicyclic) bond motifs is 2. The number of nitrogens with zero attached hydrogens (tertiary/aromatic N) is 5. The second kappa shape index (κ2) is 33.0. The van der Waals surface area contributed by atoms with Crippen molar-refractivity contribution in [1.29, 1.82) is 0 Å². The van der Waals surface area contributed by atoms with Gasteiger partial charge in [0.15, 0.2) is 0 Å². The van der Waals surface area contributed by atoms with Crippen molar-refractivity contribution in [3.05, 3.63) is 233 Å². The molecule has 0 spiro atoms. The van der Waals surface area contributed by atoms with Crippen LogP contribution in [-0.4, -0.2) is 98.8 Å². The molecule has 9 aromatic carbocycles. The van der Waals surface area contributed by atoms with Crippen LogP contribution in [0, 0.1) is 23.7 Å². The van der Waals surface area contributed by atoms with E-state index in [1.807, 2.05) is 152 Å². The maximum atomic E-state index is 17.0. The van der Waals surface area contributed by atoms with Crippen molar-refractivity contribution in [2.45, 2.75) is 185 Å². The van der Waals surface area contributed by atoms with Crippen molar-refractivity contribution < 1.29 is 66.8 Å². The van der Waals surface area contributed by atoms with Crippen molar-refractivity contribution in [3.8, 4) is 51.7 Å². The molecular formula is C100H108N6O14. The fraction of sp³-hybridized carbons (Fsp3) is 0.350. The number of aromatic nitrogens is 1. The number of carbonyl (C=O) groups excluding carboxylic acids is 8. The fourth-order valence-corrected chi connectivity index (χ4v) is 15.9. The van der Waals surface area contributed by atoms with Gasteiger partial charge in [0.1, 0.15) is 81.2 Å². The first-order valence-electron chi connectivity index (χ1n) is 41.2. The topological polar surface area (TPSA) is 230 Å². The second-order valence-corrected chi connectivity index (χ2v) is 37.2. The molecular weight excluding hydrogens is 1510 g/mol. The lowest BCUT2D eigenvalue weighted by molar-refractivity contribution is -0.135. The highest BCUT2D eigenvalue weighted by atomic mass is 16.5. The van der Waals surface area contributed by atoms with Gasteiger partial charge in [0, 0.05) is 93.2 Å². The number of anilines is 1. The molecule has 4 heterocycles. The molecule has 3 aliphatic heterocycles. The molecule has 0 fully saturated rings. The lowest BCUT2D eigenvalue weighted by Gasteiger charge is -2.39. The lowest BCUT2D eigenvalue weighted by atomic mass is 9.80. The van der Waals surface area contributed by atoms with Crippen LogP contribution in [0.25, 0.3) is 43.1 Å². The van der Waals surface area contributed by atoms with Gasteiger partial charge in [0.2, 0.25) is 0 Å². The summed E-state index contributed by atoms with van der Waals surface area (Å²) in [4.78, 5) is 136. The SMILES string of the molecule is C=CC(=O)OC1=CCNC(N(CC(C)C)C(=O)C(CC(C)C)N2C(=O)c3cc(Oc4ccc(C(C)(C)C)cc4)c4c5c(Oc6ccc(C(C)(C)C)cc6)cc6c7c(cc(Oc8ccc(C(C)(C)C)cc8)c(c8c(Oc9ccc(C(C)(C)C)cc9)cc(c3c48)C2=O)c75)C(=O)N(C(CC(C)C)C(=O)N(CC(C)C)c2cc(OC(=O)C=C)ccn2)C6=O)=C1. The molecule has 13 rings (SSSR count). The molecule has 0 saturated carbocycles. The molecule has 20 nitrogen and oxygen atoms in total. The van der Waals surface area contributed by atoms with Gasteiger partial charge in [-0.15, -0.1) is 0 Å². The average Bonchev–Trinajstić information content (AvgIpc) is 0.669. The molecule has 0 saturated heterocycles. The zero-order chi connectivity index (χ0) is 86.8. The van der Waals surface area contributed by atoms with Gasteiger partial charge in [-0.2, -0.15) is 0 Å². The molecule has 1 aromatic heterocycles. The molecule has 1 N–H and O–H groups in total. The van der Waals surface area contributed by atoms with E-state index in [0.29, 0.717) is 23.0 Å². The highest BCUT2D eigenvalue weighted by Crippen LogP contribution is 2.59. The first-order chi connectivity index (χ1) is 56.5. The number of allylic oxidation sites excluding steroid dienone is 1. The number of benzene rings is 9. The summed E-state index contributed by atoms with van der Waals surface area (Å²) in [7, 11) is 0. The Hall–Kier alpha value is -12.5. The van der Waals surface area contributed by atoms with Gasteiger partial charge < -0.3 is 33.7 Å². The predicted molar refractivity (Wildman–Crippen MR) is 470 cm³/mol. The normalized spacial score (nSPS) is 14.4. The van der Waals surface area contributed by atoms with Gasteiger partial charge in [-0.25, -0.2) is 14.6 Å². The minimum atomic E-state index is -1.50. The van der Waals surface area contributed by atoms with Gasteiger partial charge in [0.05, 0.1) is 22.3 Å². The van der Waals surface area contributed by atoms with E-state index in [9.17, 15) is 9.59 Å². The third kappa shape index (κ3) is 17.1. The minimum Gasteiger partial charge on any atom is -0.457 e. The molecule has 622 valence electrons. The lowest BCUT2D eigenvalue weighted by Crippen LogP contribution is -2.56. The molecule has 0 aliphatic carbocycles. The van der Waals surface area contributed by atoms with Crippen LogP contribution >= 0.6 is 0 Å². The van der Waals surface area contributed by atoms with E-state index in [0.717, 1.165) is 44.2 Å². The minimum absolute atomic E-state index is 0.000387. The second-order valence-electron chi connectivity index (χ2n) is 37.2. The number of ether oxygens (including phenoxy) is 6. The van der Waals surface area contributed by atoms with Crippen LogP contribution in [0.1, 0.15) is 215 Å². The third-order valence-corrected chi connectivity index (χ3v) is 21.9. The summed E-state index contributed by atoms with van der Waals surface area (Å²) in [6.45, 7) is 48.0. The molecule has 0 radical (unpaired) electrons. The van der Waals surface area contributed by atoms with Gasteiger partial charge in [0.25, 0.3) is 35.4 Å². The molecule has 0 bridgehead atoms. The number of dihydropyridines is 1. The maximum absolute atomic E-state index is 17.0. The molecule has 6 amide bonds. The first-order valence-corrected chi connectivity index (χ1v) is 41.2. The molecule has 20 heteroatoms. The van der Waals surface area contributed by atoms with E-state index in [1.165, 1.54) is 34.2 Å². The van der Waals surface area contributed by atoms with Crippen molar-refractivity contribution in [2.75, 3.05) is 24.5 Å². The Kier molecular flexibility index (Phi) is 23.5. The van der Waals surface area contributed by atoms with Crippen LogP contribution < -0.4 is 33.9 Å². The third-order valence-electron chi connectivity index (χ3n) is 21.9. The monoisotopic (exact) mass is 1620 g/mol. The quantitative estimate of drug-likeness (QED) is 0.0175. The Morgan fingerprint density at radius 2 is 0.733 bits per heavy atom. The molecule has 2 atom stereocenters. The molecule has 10 aromatic rings. The van der Waals surface area contributed by atoms with Crippen molar-refractivity contribution >= 4 is 96.3 Å². The van der Waals surface area contributed by atoms with Crippen LogP contribution in [0.3, 0.4) is 0 Å². The molecule has 120 heavy (non-hydrogen) atoms. The van der Waals surface area contributed by atoms with Gasteiger partial charge in [-0.05, 0) is 165 Å². The van der Waals surface area contributed by atoms with E-state index in [-0.39, 0.29) is 189 Å². The summed E-state index contributed by atoms with van der Waals surface area (Å²) in [6.07, 6.45) is 6.64. The Balaban J connectivity index is 1.19. The Morgan fingerprint density at radius 1 is 0.417 bits per heavy atom. The zero-order valence-electron chi connectivity index (χ0n) is 72.5. The van der Waals surface area contributed by atoms with E-state index in [4.69, 9.17) is 28.4 Å². The zero-order valence-corrected chi connectivity index (χ0v) is 72.5.